The lowest BCUT2D eigenvalue weighted by Gasteiger charge is -2.29. The van der Waals surface area contributed by atoms with Gasteiger partial charge in [-0.15, -0.1) is 0 Å². The third-order valence-corrected chi connectivity index (χ3v) is 4.75. The molecule has 1 aliphatic rings. The monoisotopic (exact) mass is 342 g/mol. The van der Waals surface area contributed by atoms with Crippen molar-refractivity contribution in [1.29, 1.82) is 0 Å². The lowest BCUT2D eigenvalue weighted by Crippen LogP contribution is -2.42. The van der Waals surface area contributed by atoms with Crippen molar-refractivity contribution in [3.05, 3.63) is 47.5 Å². The fraction of sp³-hybridized carbons (Fsp3) is 0.474. The van der Waals surface area contributed by atoms with Crippen LogP contribution >= 0.6 is 0 Å². The Labute approximate surface area is 148 Å². The Morgan fingerprint density at radius 2 is 2.28 bits per heavy atom. The van der Waals surface area contributed by atoms with E-state index in [1.165, 1.54) is 11.1 Å². The van der Waals surface area contributed by atoms with E-state index in [9.17, 15) is 4.79 Å². The Kier molecular flexibility index (Phi) is 5.38. The third kappa shape index (κ3) is 4.20. The largest absolute Gasteiger partial charge is 0.370 e. The molecule has 0 saturated carbocycles. The second kappa shape index (κ2) is 7.70. The van der Waals surface area contributed by atoms with Crippen LogP contribution in [-0.4, -0.2) is 28.2 Å². The highest BCUT2D eigenvalue weighted by Gasteiger charge is 2.27. The molecular formula is C19H26N4O2. The highest BCUT2D eigenvalue weighted by Crippen LogP contribution is 2.26. The van der Waals surface area contributed by atoms with Crippen molar-refractivity contribution in [2.45, 2.75) is 45.3 Å². The topological polar surface area (TPSA) is 68.2 Å². The number of imidazole rings is 1. The predicted octanol–water partition coefficient (Wildman–Crippen LogP) is 3.33. The van der Waals surface area contributed by atoms with Crippen molar-refractivity contribution in [3.63, 3.8) is 0 Å². The zero-order valence-corrected chi connectivity index (χ0v) is 15.1. The first-order chi connectivity index (χ1) is 12.1. The van der Waals surface area contributed by atoms with Crippen molar-refractivity contribution in [2.75, 3.05) is 11.9 Å². The molecule has 1 saturated heterocycles. The van der Waals surface area contributed by atoms with E-state index in [0.717, 1.165) is 30.8 Å². The number of benzene rings is 1. The van der Waals surface area contributed by atoms with Crippen LogP contribution in [0.4, 0.5) is 10.5 Å². The summed E-state index contributed by atoms with van der Waals surface area (Å²) in [6, 6.07) is 5.92. The van der Waals surface area contributed by atoms with Gasteiger partial charge in [-0.1, -0.05) is 13.0 Å². The molecule has 6 heteroatoms. The van der Waals surface area contributed by atoms with Crippen LogP contribution in [0.5, 0.6) is 0 Å². The fourth-order valence-corrected chi connectivity index (χ4v) is 3.28. The summed E-state index contributed by atoms with van der Waals surface area (Å²) in [7, 11) is 1.96. The zero-order chi connectivity index (χ0) is 17.8. The van der Waals surface area contributed by atoms with Gasteiger partial charge in [0.1, 0.15) is 11.9 Å². The van der Waals surface area contributed by atoms with Crippen LogP contribution in [0, 0.1) is 6.92 Å². The Hall–Kier alpha value is -2.34. The van der Waals surface area contributed by atoms with Gasteiger partial charge in [-0.3, -0.25) is 0 Å². The van der Waals surface area contributed by atoms with Crippen LogP contribution in [0.25, 0.3) is 0 Å². The summed E-state index contributed by atoms with van der Waals surface area (Å²) in [5.41, 5.74) is 3.32. The summed E-state index contributed by atoms with van der Waals surface area (Å²) in [5.74, 6) is 0.901. The number of carbonyl (C=O) groups excluding carboxylic acids is 1. The third-order valence-electron chi connectivity index (χ3n) is 4.75. The minimum Gasteiger partial charge on any atom is -0.370 e. The number of anilines is 1. The van der Waals surface area contributed by atoms with Crippen molar-refractivity contribution in [3.8, 4) is 0 Å². The van der Waals surface area contributed by atoms with E-state index in [0.29, 0.717) is 6.61 Å². The van der Waals surface area contributed by atoms with Crippen LogP contribution in [0.2, 0.25) is 0 Å². The Morgan fingerprint density at radius 1 is 1.44 bits per heavy atom. The smallest absolute Gasteiger partial charge is 0.319 e. The molecule has 1 aliphatic heterocycles. The van der Waals surface area contributed by atoms with Gasteiger partial charge in [0, 0.05) is 44.2 Å². The molecule has 1 fully saturated rings. The van der Waals surface area contributed by atoms with Gasteiger partial charge in [0.25, 0.3) is 0 Å². The van der Waals surface area contributed by atoms with E-state index in [-0.39, 0.29) is 18.2 Å². The number of urea groups is 1. The van der Waals surface area contributed by atoms with Gasteiger partial charge in [0.05, 0.1) is 0 Å². The minimum atomic E-state index is -0.170. The van der Waals surface area contributed by atoms with Crippen molar-refractivity contribution < 1.29 is 9.53 Å². The number of nitrogens with zero attached hydrogens (tertiary/aromatic N) is 2. The summed E-state index contributed by atoms with van der Waals surface area (Å²) in [4.78, 5) is 16.7. The molecule has 2 aromatic rings. The van der Waals surface area contributed by atoms with Gasteiger partial charge in [-0.2, -0.15) is 0 Å². The molecule has 6 nitrogen and oxygen atoms in total. The molecule has 2 atom stereocenters. The minimum absolute atomic E-state index is 0.0755. The molecule has 2 heterocycles. The maximum Gasteiger partial charge on any atom is 0.319 e. The number of rotatable bonds is 4. The van der Waals surface area contributed by atoms with Crippen molar-refractivity contribution in [2.24, 2.45) is 7.05 Å². The Morgan fingerprint density at radius 3 is 3.00 bits per heavy atom. The van der Waals surface area contributed by atoms with Crippen LogP contribution in [-0.2, 0) is 18.2 Å². The van der Waals surface area contributed by atoms with E-state index >= 15 is 0 Å². The first-order valence-corrected chi connectivity index (χ1v) is 8.82. The van der Waals surface area contributed by atoms with E-state index in [2.05, 4.69) is 29.5 Å². The molecule has 1 aromatic heterocycles. The number of amides is 2. The molecule has 2 N–H and O–H groups in total. The van der Waals surface area contributed by atoms with Gasteiger partial charge < -0.3 is 19.9 Å². The van der Waals surface area contributed by atoms with Crippen LogP contribution in [0.15, 0.2) is 30.6 Å². The van der Waals surface area contributed by atoms with Crippen molar-refractivity contribution in [1.82, 2.24) is 14.9 Å². The average molecular weight is 342 g/mol. The molecule has 134 valence electrons. The summed E-state index contributed by atoms with van der Waals surface area (Å²) in [5, 5.41) is 6.00. The Bertz CT molecular complexity index is 741. The first-order valence-electron chi connectivity index (χ1n) is 8.82. The van der Waals surface area contributed by atoms with Gasteiger partial charge in [0.2, 0.25) is 0 Å². The fourth-order valence-electron chi connectivity index (χ4n) is 3.28. The molecular weight excluding hydrogens is 316 g/mol. The molecule has 2 amide bonds. The molecule has 0 radical (unpaired) electrons. The highest BCUT2D eigenvalue weighted by atomic mass is 16.5. The lowest BCUT2D eigenvalue weighted by molar-refractivity contribution is -0.00410. The van der Waals surface area contributed by atoms with E-state index in [1.807, 2.05) is 36.0 Å². The van der Waals surface area contributed by atoms with Crippen LogP contribution in [0.1, 0.15) is 42.8 Å². The standard InChI is InChI=1S/C19H26N4O2/c1-4-14-11-15(6-5-13(14)2)21-19(24)22-16-7-10-25-17(12-16)18-20-8-9-23(18)3/h5-6,8-9,11,16-17H,4,7,10,12H2,1-3H3,(H2,21,22,24)/t16-,17-/m1/s1. The Balaban J connectivity index is 1.58. The highest BCUT2D eigenvalue weighted by molar-refractivity contribution is 5.89. The maximum absolute atomic E-state index is 12.3. The molecule has 3 rings (SSSR count). The van der Waals surface area contributed by atoms with E-state index < -0.39 is 0 Å². The number of carbonyl (C=O) groups is 1. The zero-order valence-electron chi connectivity index (χ0n) is 15.1. The number of aryl methyl sites for hydroxylation is 3. The van der Waals surface area contributed by atoms with E-state index in [4.69, 9.17) is 4.74 Å². The molecule has 0 aliphatic carbocycles. The van der Waals surface area contributed by atoms with Crippen LogP contribution in [0.3, 0.4) is 0 Å². The number of hydrogen-bond donors (Lipinski definition) is 2. The van der Waals surface area contributed by atoms with E-state index in [1.54, 1.807) is 6.20 Å². The van der Waals surface area contributed by atoms with Gasteiger partial charge in [-0.05, 0) is 43.0 Å². The predicted molar refractivity (Wildman–Crippen MR) is 97.6 cm³/mol. The van der Waals surface area contributed by atoms with Gasteiger partial charge >= 0.3 is 6.03 Å². The summed E-state index contributed by atoms with van der Waals surface area (Å²) in [6.45, 7) is 4.82. The molecule has 0 spiro atoms. The summed E-state index contributed by atoms with van der Waals surface area (Å²) < 4.78 is 7.79. The van der Waals surface area contributed by atoms with Gasteiger partial charge in [-0.25, -0.2) is 9.78 Å². The maximum atomic E-state index is 12.3. The molecule has 1 aromatic carbocycles. The number of hydrogen-bond acceptors (Lipinski definition) is 3. The number of aromatic nitrogens is 2. The van der Waals surface area contributed by atoms with Crippen LogP contribution < -0.4 is 10.6 Å². The molecule has 0 bridgehead atoms. The average Bonchev–Trinajstić information content (AvgIpc) is 3.03. The van der Waals surface area contributed by atoms with Gasteiger partial charge in [0.15, 0.2) is 0 Å². The number of nitrogens with one attached hydrogen (secondary N) is 2. The number of ether oxygens (including phenoxy) is 1. The molecule has 25 heavy (non-hydrogen) atoms. The summed E-state index contributed by atoms with van der Waals surface area (Å²) >= 11 is 0. The normalized spacial score (nSPS) is 20.3. The second-order valence-electron chi connectivity index (χ2n) is 6.57. The lowest BCUT2D eigenvalue weighted by atomic mass is 10.0. The summed E-state index contributed by atoms with van der Waals surface area (Å²) in [6.07, 6.45) is 6.09. The van der Waals surface area contributed by atoms with Crippen molar-refractivity contribution >= 4 is 11.7 Å². The first kappa shape index (κ1) is 17.5. The molecule has 0 unspecified atom stereocenters. The quantitative estimate of drug-likeness (QED) is 0.895. The SMILES string of the molecule is CCc1cc(NC(=O)N[C@@H]2CCO[C@@H](c3nccn3C)C2)ccc1C. The second-order valence-corrected chi connectivity index (χ2v) is 6.57.